The predicted octanol–water partition coefficient (Wildman–Crippen LogP) is 0.469. The van der Waals surface area contributed by atoms with E-state index in [0.29, 0.717) is 11.8 Å². The van der Waals surface area contributed by atoms with Gasteiger partial charge in [-0.15, -0.1) is 0 Å². The number of aldehydes is 1. The maximum atomic E-state index is 10.3. The first-order valence-electron chi connectivity index (χ1n) is 2.93. The summed E-state index contributed by atoms with van der Waals surface area (Å²) >= 11 is 0. The Labute approximate surface area is 65.6 Å². The second-order valence-electron chi connectivity index (χ2n) is 1.97. The molecule has 0 bridgehead atoms. The highest BCUT2D eigenvalue weighted by Crippen LogP contribution is 2.02. The van der Waals surface area contributed by atoms with Crippen LogP contribution in [0, 0.1) is 0 Å². The lowest BCUT2D eigenvalue weighted by molar-refractivity contribution is 0.112. The Balaban J connectivity index is 3.10. The Morgan fingerprint density at radius 1 is 1.09 bits per heavy atom. The molecule has 4 heteroatoms. The quantitative estimate of drug-likeness (QED) is 0.518. The van der Waals surface area contributed by atoms with Gasteiger partial charge in [0, 0.05) is 5.56 Å². The third kappa shape index (κ3) is 1.88. The second kappa shape index (κ2) is 3.30. The van der Waals surface area contributed by atoms with Crippen molar-refractivity contribution in [3.63, 3.8) is 0 Å². The molecule has 0 aliphatic rings. The van der Waals surface area contributed by atoms with Crippen LogP contribution in [0.4, 0.5) is 0 Å². The molecule has 3 nitrogen and oxygen atoms in total. The number of carbonyl (C=O) groups excluding carboxylic acids is 1. The summed E-state index contributed by atoms with van der Waals surface area (Å²) < 4.78 is 20.7. The molecule has 0 aromatic heterocycles. The largest absolute Gasteiger partial charge is 0.298 e. The van der Waals surface area contributed by atoms with Crippen molar-refractivity contribution in [1.29, 1.82) is 0 Å². The smallest absolute Gasteiger partial charge is 0.168 e. The average molecular weight is 170 g/mol. The van der Waals surface area contributed by atoms with Crippen LogP contribution in [0.25, 0.3) is 0 Å². The summed E-state index contributed by atoms with van der Waals surface area (Å²) in [4.78, 5) is 10.4. The Morgan fingerprint density at radius 3 is 2.00 bits per heavy atom. The fourth-order valence-corrected chi connectivity index (χ4v) is 1.07. The van der Waals surface area contributed by atoms with Crippen LogP contribution < -0.4 is 0 Å². The molecule has 0 unspecified atom stereocenters. The van der Waals surface area contributed by atoms with E-state index in [1.807, 2.05) is 0 Å². The molecule has 0 heterocycles. The zero-order valence-electron chi connectivity index (χ0n) is 5.56. The minimum Gasteiger partial charge on any atom is -0.298 e. The van der Waals surface area contributed by atoms with Gasteiger partial charge in [-0.05, 0) is 12.1 Å². The first-order valence-corrected chi connectivity index (χ1v) is 4.11. The average Bonchev–Trinajstić information content (AvgIpc) is 2.05. The van der Waals surface area contributed by atoms with Gasteiger partial charge in [-0.1, -0.05) is 12.1 Å². The molecule has 1 aromatic rings. The normalized spacial score (nSPS) is 9.91. The first kappa shape index (κ1) is 7.94. The van der Waals surface area contributed by atoms with E-state index >= 15 is 0 Å². The number of carbonyl (C=O) groups is 1. The van der Waals surface area contributed by atoms with Crippen molar-refractivity contribution in [3.8, 4) is 0 Å². The summed E-state index contributed by atoms with van der Waals surface area (Å²) in [6, 6.07) is 5.73. The highest BCUT2D eigenvalue weighted by Gasteiger charge is 1.93. The fraction of sp³-hybridized carbons (Fsp3) is 0. The molecule has 0 fully saturated rings. The molecule has 58 valence electrons. The zero-order chi connectivity index (χ0) is 8.27. The van der Waals surface area contributed by atoms with Crippen molar-refractivity contribution in [2.24, 2.45) is 0 Å². The minimum atomic E-state index is -2.53. The molecule has 0 aliphatic carbocycles. The van der Waals surface area contributed by atoms with Crippen LogP contribution in [0.5, 0.6) is 0 Å². The van der Waals surface area contributed by atoms with Gasteiger partial charge in [0.1, 0.15) is 6.29 Å². The summed E-state index contributed by atoms with van der Waals surface area (Å²) in [5.41, 5.74) is 0.477. The fourth-order valence-electron chi connectivity index (χ4n) is 0.675. The van der Waals surface area contributed by atoms with Crippen molar-refractivity contribution >= 4 is 17.0 Å². The lowest BCUT2D eigenvalue weighted by atomic mass is 10.2. The van der Waals surface area contributed by atoms with Crippen LogP contribution in [0.2, 0.25) is 0 Å². The van der Waals surface area contributed by atoms with E-state index in [1.165, 1.54) is 24.3 Å². The number of hydrogen-bond donors (Lipinski definition) is 1. The highest BCUT2D eigenvalue weighted by atomic mass is 32.2. The van der Waals surface area contributed by atoms with Crippen molar-refractivity contribution in [2.75, 3.05) is 0 Å². The van der Waals surface area contributed by atoms with Gasteiger partial charge in [-0.3, -0.25) is 4.79 Å². The number of rotatable bonds is 2. The maximum Gasteiger partial charge on any atom is 0.168 e. The van der Waals surface area contributed by atoms with Crippen molar-refractivity contribution in [2.45, 2.75) is 4.90 Å². The molecule has 1 aromatic carbocycles. The first-order chi connectivity index (χ1) is 5.24. The lowest BCUT2D eigenvalue weighted by Crippen LogP contribution is -1.82. The van der Waals surface area contributed by atoms with E-state index in [0.717, 1.165) is 0 Å². The third-order valence-corrected chi connectivity index (χ3v) is 1.96. The molecule has 0 atom stereocenters. The van der Waals surface area contributed by atoms with Gasteiger partial charge in [0.15, 0.2) is 10.7 Å². The Morgan fingerprint density at radius 2 is 1.64 bits per heavy atom. The van der Waals surface area contributed by atoms with E-state index in [-0.39, 0.29) is 4.90 Å². The van der Waals surface area contributed by atoms with Gasteiger partial charge >= 0.3 is 0 Å². The summed E-state index contributed by atoms with van der Waals surface area (Å²) in [6.45, 7) is 0. The summed E-state index contributed by atoms with van der Waals surface area (Å²) in [5, 5.41) is 0. The highest BCUT2D eigenvalue weighted by molar-refractivity contribution is 7.72. The molecule has 0 aliphatic heterocycles. The predicted molar refractivity (Wildman–Crippen MR) is 40.4 cm³/mol. The molecule has 11 heavy (non-hydrogen) atoms. The second-order valence-corrected chi connectivity index (χ2v) is 3.00. The molecule has 0 radical (unpaired) electrons. The SMILES string of the molecule is O=Cc1ccc([SH](=O)=O)cc1. The van der Waals surface area contributed by atoms with E-state index in [1.54, 1.807) is 0 Å². The van der Waals surface area contributed by atoms with Crippen molar-refractivity contribution in [3.05, 3.63) is 29.8 Å². The van der Waals surface area contributed by atoms with Crippen molar-refractivity contribution in [1.82, 2.24) is 0 Å². The van der Waals surface area contributed by atoms with Crippen molar-refractivity contribution < 1.29 is 13.2 Å². The van der Waals surface area contributed by atoms with Gasteiger partial charge in [-0.2, -0.15) is 0 Å². The third-order valence-electron chi connectivity index (χ3n) is 1.24. The molecule has 0 spiro atoms. The standard InChI is InChI=1S/C7H6O3S/c8-5-6-1-3-7(4-2-6)11(9)10/h1-5,11H. The van der Waals surface area contributed by atoms with Crippen LogP contribution in [0.3, 0.4) is 0 Å². The summed E-state index contributed by atoms with van der Waals surface area (Å²) in [5.74, 6) is 0. The molecular weight excluding hydrogens is 164 g/mol. The lowest BCUT2D eigenvalue weighted by Gasteiger charge is -1.89. The van der Waals surface area contributed by atoms with E-state index in [9.17, 15) is 13.2 Å². The number of thiol groups is 1. The number of benzene rings is 1. The monoisotopic (exact) mass is 170 g/mol. The Bertz CT molecular complexity index is 316. The van der Waals surface area contributed by atoms with E-state index in [4.69, 9.17) is 0 Å². The van der Waals surface area contributed by atoms with Gasteiger partial charge in [0.2, 0.25) is 0 Å². The molecule has 0 N–H and O–H groups in total. The maximum absolute atomic E-state index is 10.3. The van der Waals surface area contributed by atoms with Crippen LogP contribution in [0.15, 0.2) is 29.2 Å². The molecule has 0 saturated carbocycles. The van der Waals surface area contributed by atoms with E-state index in [2.05, 4.69) is 0 Å². The topological polar surface area (TPSA) is 51.2 Å². The molecular formula is C7H6O3S. The van der Waals surface area contributed by atoms with Crippen LogP contribution in [-0.4, -0.2) is 14.7 Å². The summed E-state index contributed by atoms with van der Waals surface area (Å²) in [7, 11) is -2.53. The molecule has 1 rings (SSSR count). The van der Waals surface area contributed by atoms with Gasteiger partial charge in [0.05, 0.1) is 4.90 Å². The number of hydrogen-bond acceptors (Lipinski definition) is 3. The summed E-state index contributed by atoms with van der Waals surface area (Å²) in [6.07, 6.45) is 0.668. The molecule has 0 amide bonds. The van der Waals surface area contributed by atoms with E-state index < -0.39 is 10.7 Å². The van der Waals surface area contributed by atoms with Crippen LogP contribution >= 0.6 is 0 Å². The zero-order valence-corrected chi connectivity index (χ0v) is 6.45. The van der Waals surface area contributed by atoms with Crippen LogP contribution in [0.1, 0.15) is 10.4 Å². The van der Waals surface area contributed by atoms with Crippen LogP contribution in [-0.2, 0) is 10.7 Å². The van der Waals surface area contributed by atoms with Gasteiger partial charge < -0.3 is 0 Å². The Kier molecular flexibility index (Phi) is 2.38. The molecule has 0 saturated heterocycles. The van der Waals surface area contributed by atoms with Gasteiger partial charge in [-0.25, -0.2) is 8.42 Å². The Hall–Kier alpha value is -1.16. The minimum absolute atomic E-state index is 0.227. The van der Waals surface area contributed by atoms with Gasteiger partial charge in [0.25, 0.3) is 0 Å².